The zero-order valence-corrected chi connectivity index (χ0v) is 33.3. The molecule has 0 aromatic heterocycles. The van der Waals surface area contributed by atoms with Crippen LogP contribution in [0.5, 0.6) is 11.5 Å². The van der Waals surface area contributed by atoms with Gasteiger partial charge in [-0.1, -0.05) is 77.9 Å². The van der Waals surface area contributed by atoms with Crippen LogP contribution in [0.15, 0.2) is 133 Å². The van der Waals surface area contributed by atoms with Gasteiger partial charge in [0.15, 0.2) is 11.5 Å². The highest BCUT2D eigenvalue weighted by atomic mass is 127. The number of halogens is 1. The maximum atomic E-state index is 15.4. The molecular formula is C46H39IN4O6. The van der Waals surface area contributed by atoms with Crippen LogP contribution in [0.2, 0.25) is 0 Å². The topological polar surface area (TPSA) is 128 Å². The highest BCUT2D eigenvalue weighted by Crippen LogP contribution is 2.64. The minimum absolute atomic E-state index is 0.0362. The predicted molar refractivity (Wildman–Crippen MR) is 225 cm³/mol. The second-order valence-electron chi connectivity index (χ2n) is 15.2. The van der Waals surface area contributed by atoms with Crippen LogP contribution in [0.25, 0.3) is 0 Å². The van der Waals surface area contributed by atoms with Crippen molar-refractivity contribution in [2.45, 2.75) is 31.1 Å². The van der Waals surface area contributed by atoms with Crippen molar-refractivity contribution < 1.29 is 29.0 Å². The molecule has 0 radical (unpaired) electrons. The van der Waals surface area contributed by atoms with E-state index in [2.05, 4.69) is 10.7 Å². The van der Waals surface area contributed by atoms with Crippen molar-refractivity contribution >= 4 is 69.0 Å². The molecule has 0 bridgehead atoms. The molecule has 4 aliphatic rings. The number of phenolic OH excluding ortho intramolecular Hbond substituents is 1. The summed E-state index contributed by atoms with van der Waals surface area (Å²) in [5.41, 5.74) is 7.65. The van der Waals surface area contributed by atoms with Crippen LogP contribution in [0.1, 0.15) is 35.4 Å². The van der Waals surface area contributed by atoms with Crippen molar-refractivity contribution in [1.29, 1.82) is 0 Å². The summed E-state index contributed by atoms with van der Waals surface area (Å²) in [6.45, 7) is 1.96. The number of imide groups is 2. The third kappa shape index (κ3) is 5.81. The van der Waals surface area contributed by atoms with E-state index in [-0.39, 0.29) is 36.2 Å². The lowest BCUT2D eigenvalue weighted by Gasteiger charge is -2.50. The van der Waals surface area contributed by atoms with Gasteiger partial charge in [0.1, 0.15) is 0 Å². The molecule has 286 valence electrons. The number of ether oxygens (including phenoxy) is 1. The number of carbonyl (C=O) groups excluding carboxylic acids is 4. The third-order valence-electron chi connectivity index (χ3n) is 12.2. The fourth-order valence-corrected chi connectivity index (χ4v) is 10.3. The Morgan fingerprint density at radius 2 is 1.42 bits per heavy atom. The van der Waals surface area contributed by atoms with Crippen LogP contribution in [-0.4, -0.2) is 40.9 Å². The smallest absolute Gasteiger partial charge is 0.260 e. The van der Waals surface area contributed by atoms with Crippen molar-refractivity contribution in [3.63, 3.8) is 0 Å². The average molecular weight is 871 g/mol. The summed E-state index contributed by atoms with van der Waals surface area (Å²) < 4.78 is 6.15. The van der Waals surface area contributed by atoms with Crippen LogP contribution in [0.4, 0.5) is 22.7 Å². The first-order chi connectivity index (χ1) is 27.6. The van der Waals surface area contributed by atoms with Gasteiger partial charge >= 0.3 is 0 Å². The maximum Gasteiger partial charge on any atom is 0.260 e. The quantitative estimate of drug-likeness (QED) is 0.0809. The SMILES string of the molecule is COc1cc([C@H]2C3=CC[C@@H]4C(=O)N(c5ccc(Nc6ccccc6)cc5)C(=O)[C@@H]4[C@@H]3C[C@H]3C(=O)N(Nc4ccc(C)cc4)C(=O)[C@@]23c2ccccc2)cc(I)c1O. The number of aromatic hydroxyl groups is 1. The Morgan fingerprint density at radius 3 is 2.11 bits per heavy atom. The van der Waals surface area contributed by atoms with Gasteiger partial charge in [0.25, 0.3) is 11.8 Å². The summed E-state index contributed by atoms with van der Waals surface area (Å²) in [5.74, 6) is -4.83. The number of amides is 4. The summed E-state index contributed by atoms with van der Waals surface area (Å²) in [6, 6.07) is 37.4. The molecule has 10 nitrogen and oxygen atoms in total. The third-order valence-corrected chi connectivity index (χ3v) is 13.0. The van der Waals surface area contributed by atoms with Gasteiger partial charge in [-0.05, 0) is 120 Å². The van der Waals surface area contributed by atoms with Crippen LogP contribution in [0, 0.1) is 34.2 Å². The van der Waals surface area contributed by atoms with Gasteiger partial charge in [0.05, 0.1) is 45.2 Å². The lowest BCUT2D eigenvalue weighted by Crippen LogP contribution is -2.53. The standard InChI is InChI=1S/C46H39IN4O6/c1-26-13-15-31(16-14-26)49-51-43(54)36-25-35-33(40(27-23-37(47)41(52)38(24-27)57-2)46(36,45(51)56)28-9-5-3-6-10-28)21-22-34-39(35)44(55)50(42(34)53)32-19-17-30(18-20-32)48-29-11-7-4-8-12-29/h3-21,23-24,34-36,39-40,48-49,52H,22,25H2,1-2H3/t34-,35+,36-,39-,40-,46+/m0/s1. The number of hydrogen-bond acceptors (Lipinski definition) is 8. The van der Waals surface area contributed by atoms with E-state index in [1.54, 1.807) is 18.2 Å². The van der Waals surface area contributed by atoms with E-state index in [4.69, 9.17) is 4.74 Å². The summed E-state index contributed by atoms with van der Waals surface area (Å²) in [6.07, 6.45) is 2.49. The Balaban J connectivity index is 1.17. The number of carbonyl (C=O) groups is 4. The van der Waals surface area contributed by atoms with Crippen molar-refractivity contribution in [2.24, 2.45) is 23.7 Å². The number of phenols is 1. The van der Waals surface area contributed by atoms with Gasteiger partial charge < -0.3 is 15.2 Å². The highest BCUT2D eigenvalue weighted by Gasteiger charge is 2.70. The monoisotopic (exact) mass is 870 g/mol. The zero-order valence-electron chi connectivity index (χ0n) is 31.2. The number of nitrogens with zero attached hydrogens (tertiary/aromatic N) is 2. The number of fused-ring (bicyclic) bond motifs is 4. The predicted octanol–water partition coefficient (Wildman–Crippen LogP) is 8.25. The fourth-order valence-electron chi connectivity index (χ4n) is 9.67. The van der Waals surface area contributed by atoms with Crippen LogP contribution in [0.3, 0.4) is 0 Å². The Kier molecular flexibility index (Phi) is 9.14. The molecular weight excluding hydrogens is 831 g/mol. The Labute approximate surface area is 343 Å². The molecule has 2 aliphatic carbocycles. The van der Waals surface area contributed by atoms with Crippen molar-refractivity contribution in [3.05, 3.63) is 153 Å². The van der Waals surface area contributed by atoms with E-state index >= 15 is 4.79 Å². The lowest BCUT2D eigenvalue weighted by molar-refractivity contribution is -0.138. The molecule has 1 saturated carbocycles. The summed E-state index contributed by atoms with van der Waals surface area (Å²) >= 11 is 2.05. The van der Waals surface area contributed by atoms with E-state index in [9.17, 15) is 19.5 Å². The molecule has 2 heterocycles. The van der Waals surface area contributed by atoms with E-state index in [0.29, 0.717) is 26.1 Å². The molecule has 11 heteroatoms. The van der Waals surface area contributed by atoms with Crippen molar-refractivity contribution in [1.82, 2.24) is 5.01 Å². The highest BCUT2D eigenvalue weighted by molar-refractivity contribution is 14.1. The molecule has 57 heavy (non-hydrogen) atoms. The first-order valence-electron chi connectivity index (χ1n) is 18.9. The second-order valence-corrected chi connectivity index (χ2v) is 16.4. The fraction of sp³-hybridized carbons (Fsp3) is 0.217. The summed E-state index contributed by atoms with van der Waals surface area (Å²) in [4.78, 5) is 60.8. The number of benzene rings is 5. The number of hydrazine groups is 1. The number of nitrogens with one attached hydrogen (secondary N) is 2. The van der Waals surface area contributed by atoms with E-state index < -0.39 is 46.8 Å². The number of hydrogen-bond donors (Lipinski definition) is 3. The molecule has 2 aliphatic heterocycles. The van der Waals surface area contributed by atoms with Crippen molar-refractivity contribution in [2.75, 3.05) is 22.8 Å². The number of aryl methyl sites for hydroxylation is 1. The Morgan fingerprint density at radius 1 is 0.772 bits per heavy atom. The maximum absolute atomic E-state index is 15.4. The minimum atomic E-state index is -1.44. The van der Waals surface area contributed by atoms with Gasteiger partial charge in [-0.3, -0.25) is 29.5 Å². The molecule has 6 atom stereocenters. The van der Waals surface area contributed by atoms with Gasteiger partial charge in [0.2, 0.25) is 11.8 Å². The van der Waals surface area contributed by atoms with Gasteiger partial charge in [-0.2, -0.15) is 5.01 Å². The Bertz CT molecular complexity index is 2460. The van der Waals surface area contributed by atoms with Gasteiger partial charge in [-0.15, -0.1) is 0 Å². The van der Waals surface area contributed by atoms with Crippen LogP contribution >= 0.6 is 22.6 Å². The molecule has 4 amide bonds. The largest absolute Gasteiger partial charge is 0.504 e. The van der Waals surface area contributed by atoms with E-state index in [0.717, 1.165) is 27.5 Å². The van der Waals surface area contributed by atoms with Crippen LogP contribution in [-0.2, 0) is 24.6 Å². The van der Waals surface area contributed by atoms with E-state index in [1.807, 2.05) is 139 Å². The Hall–Kier alpha value is -5.95. The molecule has 5 aromatic rings. The molecule has 0 spiro atoms. The van der Waals surface area contributed by atoms with Gasteiger partial charge in [0, 0.05) is 17.3 Å². The summed E-state index contributed by atoms with van der Waals surface area (Å²) in [7, 11) is 1.47. The zero-order chi connectivity index (χ0) is 39.6. The number of allylic oxidation sites excluding steroid dienone is 2. The number of methoxy groups -OCH3 is 1. The summed E-state index contributed by atoms with van der Waals surface area (Å²) in [5, 5.41) is 15.5. The lowest BCUT2D eigenvalue weighted by atomic mass is 9.49. The van der Waals surface area contributed by atoms with Crippen LogP contribution < -0.4 is 20.4 Å². The van der Waals surface area contributed by atoms with E-state index in [1.165, 1.54) is 12.0 Å². The minimum Gasteiger partial charge on any atom is -0.504 e. The molecule has 0 unspecified atom stereocenters. The molecule has 5 aromatic carbocycles. The average Bonchev–Trinajstić information content (AvgIpc) is 3.61. The number of para-hydroxylation sites is 1. The molecule has 9 rings (SSSR count). The molecule has 3 N–H and O–H groups in total. The van der Waals surface area contributed by atoms with Gasteiger partial charge in [-0.25, -0.2) is 0 Å². The second kappa shape index (κ2) is 14.2. The normalized spacial score (nSPS) is 25.1. The number of rotatable bonds is 8. The molecule has 3 fully saturated rings. The molecule has 2 saturated heterocycles. The first kappa shape index (κ1) is 36.7. The number of anilines is 4. The van der Waals surface area contributed by atoms with Crippen molar-refractivity contribution in [3.8, 4) is 11.5 Å². The first-order valence-corrected chi connectivity index (χ1v) is 20.0.